The fourth-order valence-corrected chi connectivity index (χ4v) is 3.20. The second kappa shape index (κ2) is 8.25. The van der Waals surface area contributed by atoms with Crippen molar-refractivity contribution in [3.05, 3.63) is 36.5 Å². The van der Waals surface area contributed by atoms with Crippen LogP contribution in [0, 0.1) is 5.92 Å². The van der Waals surface area contributed by atoms with Crippen LogP contribution in [-0.2, 0) is 9.59 Å². The standard InChI is InChI=1S/C19H24N4O3/c1-22-8-10-23(11-9-22)13-15(19(25)26)12-17(24)21-16-6-2-4-14-5-3-7-20-18(14)16/h2-7,15H,8-13H2,1H3,(H,21,24)(H,25,26)/t15-/m0/s1. The van der Waals surface area contributed by atoms with E-state index >= 15 is 0 Å². The Kier molecular flexibility index (Phi) is 5.80. The predicted octanol–water partition coefficient (Wildman–Crippen LogP) is 1.51. The van der Waals surface area contributed by atoms with Crippen molar-refractivity contribution in [2.75, 3.05) is 45.1 Å². The minimum atomic E-state index is -0.935. The molecule has 1 aliphatic rings. The number of carbonyl (C=O) groups excluding carboxylic acids is 1. The molecule has 138 valence electrons. The molecule has 1 saturated heterocycles. The summed E-state index contributed by atoms with van der Waals surface area (Å²) in [6, 6.07) is 9.31. The topological polar surface area (TPSA) is 85.8 Å². The number of hydrogen-bond acceptors (Lipinski definition) is 5. The number of amides is 1. The van der Waals surface area contributed by atoms with E-state index in [9.17, 15) is 14.7 Å². The number of rotatable bonds is 6. The van der Waals surface area contributed by atoms with E-state index in [4.69, 9.17) is 0 Å². The number of hydrogen-bond donors (Lipinski definition) is 2. The number of nitrogens with one attached hydrogen (secondary N) is 1. The molecular weight excluding hydrogens is 332 g/mol. The average molecular weight is 356 g/mol. The molecule has 1 amide bonds. The van der Waals surface area contributed by atoms with Gasteiger partial charge < -0.3 is 15.3 Å². The summed E-state index contributed by atoms with van der Waals surface area (Å²) in [7, 11) is 2.05. The Morgan fingerprint density at radius 1 is 1.19 bits per heavy atom. The van der Waals surface area contributed by atoms with Crippen LogP contribution in [0.1, 0.15) is 6.42 Å². The fraction of sp³-hybridized carbons (Fsp3) is 0.421. The van der Waals surface area contributed by atoms with E-state index < -0.39 is 11.9 Å². The minimum absolute atomic E-state index is 0.0507. The van der Waals surface area contributed by atoms with Crippen molar-refractivity contribution in [1.29, 1.82) is 0 Å². The molecule has 0 saturated carbocycles. The van der Waals surface area contributed by atoms with Gasteiger partial charge in [0.05, 0.1) is 17.1 Å². The van der Waals surface area contributed by atoms with Gasteiger partial charge in [-0.15, -0.1) is 0 Å². The summed E-state index contributed by atoms with van der Waals surface area (Å²) in [6.45, 7) is 3.88. The van der Waals surface area contributed by atoms with Crippen molar-refractivity contribution in [3.8, 4) is 0 Å². The van der Waals surface area contributed by atoms with Crippen LogP contribution in [-0.4, -0.2) is 71.5 Å². The lowest BCUT2D eigenvalue weighted by Gasteiger charge is -2.33. The highest BCUT2D eigenvalue weighted by molar-refractivity contribution is 6.01. The monoisotopic (exact) mass is 356 g/mol. The molecule has 2 N–H and O–H groups in total. The lowest BCUT2D eigenvalue weighted by molar-refractivity contribution is -0.144. The van der Waals surface area contributed by atoms with Gasteiger partial charge >= 0.3 is 5.97 Å². The van der Waals surface area contributed by atoms with Crippen molar-refractivity contribution in [1.82, 2.24) is 14.8 Å². The number of benzene rings is 1. The van der Waals surface area contributed by atoms with Crippen LogP contribution in [0.15, 0.2) is 36.5 Å². The fourth-order valence-electron chi connectivity index (χ4n) is 3.20. The van der Waals surface area contributed by atoms with Gasteiger partial charge in [-0.25, -0.2) is 0 Å². The lowest BCUT2D eigenvalue weighted by Crippen LogP contribution is -2.47. The zero-order chi connectivity index (χ0) is 18.5. The normalized spacial score (nSPS) is 17.1. The van der Waals surface area contributed by atoms with Crippen LogP contribution in [0.2, 0.25) is 0 Å². The molecule has 1 aromatic carbocycles. The number of pyridine rings is 1. The van der Waals surface area contributed by atoms with Gasteiger partial charge in [0.2, 0.25) is 5.91 Å². The third-order valence-electron chi connectivity index (χ3n) is 4.76. The zero-order valence-electron chi connectivity index (χ0n) is 14.9. The van der Waals surface area contributed by atoms with Crippen LogP contribution in [0.3, 0.4) is 0 Å². The van der Waals surface area contributed by atoms with E-state index in [1.54, 1.807) is 12.3 Å². The first-order valence-corrected chi connectivity index (χ1v) is 8.80. The highest BCUT2D eigenvalue weighted by atomic mass is 16.4. The van der Waals surface area contributed by atoms with Crippen LogP contribution in [0.4, 0.5) is 5.69 Å². The molecule has 0 spiro atoms. The molecular formula is C19H24N4O3. The number of aromatic nitrogens is 1. The number of carboxylic acid groups (broad SMARTS) is 1. The zero-order valence-corrected chi connectivity index (χ0v) is 14.9. The number of anilines is 1. The van der Waals surface area contributed by atoms with Crippen LogP contribution in [0.25, 0.3) is 10.9 Å². The number of para-hydroxylation sites is 1. The Balaban J connectivity index is 1.63. The number of fused-ring (bicyclic) bond motifs is 1. The van der Waals surface area contributed by atoms with Crippen molar-refractivity contribution in [3.63, 3.8) is 0 Å². The Labute approximate surface area is 152 Å². The van der Waals surface area contributed by atoms with Gasteiger partial charge in [0.15, 0.2) is 0 Å². The van der Waals surface area contributed by atoms with Gasteiger partial charge in [0.25, 0.3) is 0 Å². The Morgan fingerprint density at radius 2 is 1.92 bits per heavy atom. The number of likely N-dealkylation sites (N-methyl/N-ethyl adjacent to an activating group) is 1. The first kappa shape index (κ1) is 18.3. The van der Waals surface area contributed by atoms with E-state index in [1.807, 2.05) is 24.3 Å². The molecule has 2 aromatic rings. The van der Waals surface area contributed by atoms with Gasteiger partial charge in [0, 0.05) is 50.7 Å². The molecule has 1 atom stereocenters. The van der Waals surface area contributed by atoms with E-state index in [2.05, 4.69) is 27.1 Å². The Hall–Kier alpha value is -2.51. The maximum atomic E-state index is 12.4. The number of piperazine rings is 1. The van der Waals surface area contributed by atoms with Crippen molar-refractivity contribution < 1.29 is 14.7 Å². The predicted molar refractivity (Wildman–Crippen MR) is 100 cm³/mol. The van der Waals surface area contributed by atoms with Crippen LogP contribution < -0.4 is 5.32 Å². The highest BCUT2D eigenvalue weighted by Crippen LogP contribution is 2.21. The number of nitrogens with zero attached hydrogens (tertiary/aromatic N) is 3. The summed E-state index contributed by atoms with van der Waals surface area (Å²) in [5, 5.41) is 13.3. The minimum Gasteiger partial charge on any atom is -0.481 e. The SMILES string of the molecule is CN1CCN(C[C@H](CC(=O)Nc2cccc3cccnc23)C(=O)O)CC1. The third kappa shape index (κ3) is 4.56. The molecule has 26 heavy (non-hydrogen) atoms. The van der Waals surface area contributed by atoms with Gasteiger partial charge in [-0.2, -0.15) is 0 Å². The average Bonchev–Trinajstić information content (AvgIpc) is 2.63. The number of aliphatic carboxylic acids is 1. The van der Waals surface area contributed by atoms with E-state index in [0.717, 1.165) is 31.6 Å². The molecule has 0 aliphatic carbocycles. The Bertz CT molecular complexity index is 782. The third-order valence-corrected chi connectivity index (χ3v) is 4.76. The molecule has 0 radical (unpaired) electrons. The second-order valence-corrected chi connectivity index (χ2v) is 6.77. The molecule has 7 heteroatoms. The second-order valence-electron chi connectivity index (χ2n) is 6.77. The quantitative estimate of drug-likeness (QED) is 0.816. The van der Waals surface area contributed by atoms with Crippen molar-refractivity contribution in [2.24, 2.45) is 5.92 Å². The molecule has 1 aliphatic heterocycles. The lowest BCUT2D eigenvalue weighted by atomic mass is 10.0. The molecule has 0 unspecified atom stereocenters. The summed E-state index contributed by atoms with van der Waals surface area (Å²) >= 11 is 0. The van der Waals surface area contributed by atoms with Crippen molar-refractivity contribution in [2.45, 2.75) is 6.42 Å². The van der Waals surface area contributed by atoms with Crippen LogP contribution >= 0.6 is 0 Å². The van der Waals surface area contributed by atoms with Gasteiger partial charge in [-0.05, 0) is 19.2 Å². The molecule has 3 rings (SSSR count). The first-order valence-electron chi connectivity index (χ1n) is 8.80. The molecule has 7 nitrogen and oxygen atoms in total. The van der Waals surface area contributed by atoms with Crippen molar-refractivity contribution >= 4 is 28.5 Å². The van der Waals surface area contributed by atoms with Crippen LogP contribution in [0.5, 0.6) is 0 Å². The summed E-state index contributed by atoms with van der Waals surface area (Å²) in [5.41, 5.74) is 1.31. The van der Waals surface area contributed by atoms with Gasteiger partial charge in [-0.3, -0.25) is 19.5 Å². The largest absolute Gasteiger partial charge is 0.481 e. The van der Waals surface area contributed by atoms with Gasteiger partial charge in [-0.1, -0.05) is 18.2 Å². The molecule has 1 fully saturated rings. The molecule has 0 bridgehead atoms. The van der Waals surface area contributed by atoms with E-state index in [-0.39, 0.29) is 12.3 Å². The summed E-state index contributed by atoms with van der Waals surface area (Å²) in [5.74, 6) is -1.96. The summed E-state index contributed by atoms with van der Waals surface area (Å²) in [4.78, 5) is 32.7. The first-order chi connectivity index (χ1) is 12.5. The summed E-state index contributed by atoms with van der Waals surface area (Å²) in [6.07, 6.45) is 1.62. The molecule has 2 heterocycles. The van der Waals surface area contributed by atoms with E-state index in [1.165, 1.54) is 0 Å². The van der Waals surface area contributed by atoms with E-state index in [0.29, 0.717) is 17.7 Å². The summed E-state index contributed by atoms with van der Waals surface area (Å²) < 4.78 is 0. The maximum Gasteiger partial charge on any atom is 0.308 e. The highest BCUT2D eigenvalue weighted by Gasteiger charge is 2.26. The number of carboxylic acids is 1. The molecule has 1 aromatic heterocycles. The maximum absolute atomic E-state index is 12.4. The Morgan fingerprint density at radius 3 is 2.65 bits per heavy atom. The smallest absolute Gasteiger partial charge is 0.308 e. The van der Waals surface area contributed by atoms with Gasteiger partial charge in [0.1, 0.15) is 0 Å². The number of carbonyl (C=O) groups is 2.